The summed E-state index contributed by atoms with van der Waals surface area (Å²) < 4.78 is 14.0. The molecule has 3 heterocycles. The van der Waals surface area contributed by atoms with Gasteiger partial charge in [-0.05, 0) is 44.9 Å². The van der Waals surface area contributed by atoms with E-state index in [-0.39, 0.29) is 22.5 Å². The Hall–Kier alpha value is -2.92. The van der Waals surface area contributed by atoms with Crippen molar-refractivity contribution in [2.45, 2.75) is 52.0 Å². The summed E-state index contributed by atoms with van der Waals surface area (Å²) in [6.45, 7) is 3.29. The predicted octanol–water partition coefficient (Wildman–Crippen LogP) is 4.98. The largest absolute Gasteiger partial charge is 0.481 e. The maximum Gasteiger partial charge on any atom is 0.306 e. The molecule has 4 aliphatic rings. The monoisotopic (exact) mass is 457 g/mol. The number of rotatable bonds is 2. The van der Waals surface area contributed by atoms with Crippen molar-refractivity contribution in [2.75, 3.05) is 0 Å². The molecule has 7 nitrogen and oxygen atoms in total. The van der Waals surface area contributed by atoms with Gasteiger partial charge in [0.15, 0.2) is 5.65 Å². The van der Waals surface area contributed by atoms with Crippen LogP contribution in [0.3, 0.4) is 0 Å². The number of carbonyl (C=O) groups is 1. The van der Waals surface area contributed by atoms with Gasteiger partial charge in [0.2, 0.25) is 0 Å². The van der Waals surface area contributed by atoms with Gasteiger partial charge in [-0.3, -0.25) is 4.79 Å². The van der Waals surface area contributed by atoms with E-state index in [9.17, 15) is 14.4 Å². The van der Waals surface area contributed by atoms with E-state index < -0.39 is 12.0 Å². The Morgan fingerprint density at radius 1 is 1.34 bits per heavy atom. The lowest BCUT2D eigenvalue weighted by atomic mass is 9.65. The summed E-state index contributed by atoms with van der Waals surface area (Å²) >= 11 is 5.88. The first kappa shape index (κ1) is 22.3. The molecule has 3 fully saturated rings. The van der Waals surface area contributed by atoms with Gasteiger partial charge in [0.1, 0.15) is 22.6 Å². The maximum absolute atomic E-state index is 14.0. The SMILES string of the molecule is CC1=C(F)C(C)NC(c2c[nH]c3ncc(Cl)nc23)=C1C#N.O=C(O)C1CC2CCC1CC2. The Bertz CT molecular complexity index is 1160. The fraction of sp³-hybridized carbons (Fsp3) is 0.478. The van der Waals surface area contributed by atoms with E-state index in [0.29, 0.717) is 33.9 Å². The minimum atomic E-state index is -0.556. The molecule has 6 rings (SSSR count). The Morgan fingerprint density at radius 2 is 2.06 bits per heavy atom. The maximum atomic E-state index is 14.0. The van der Waals surface area contributed by atoms with Crippen LogP contribution in [0.1, 0.15) is 51.5 Å². The van der Waals surface area contributed by atoms with Crippen molar-refractivity contribution in [1.82, 2.24) is 20.3 Å². The van der Waals surface area contributed by atoms with Crippen molar-refractivity contribution in [2.24, 2.45) is 17.8 Å². The molecule has 2 aromatic rings. The molecule has 9 heteroatoms. The topological polar surface area (TPSA) is 115 Å². The van der Waals surface area contributed by atoms with Crippen LogP contribution in [-0.4, -0.2) is 32.1 Å². The summed E-state index contributed by atoms with van der Waals surface area (Å²) in [4.78, 5) is 22.1. The van der Waals surface area contributed by atoms with E-state index in [4.69, 9.17) is 16.7 Å². The van der Waals surface area contributed by atoms with Crippen LogP contribution in [0.2, 0.25) is 5.15 Å². The summed E-state index contributed by atoms with van der Waals surface area (Å²) in [5.74, 6) is 0.361. The Balaban J connectivity index is 0.000000186. The van der Waals surface area contributed by atoms with Gasteiger partial charge < -0.3 is 15.4 Å². The molecule has 3 saturated carbocycles. The van der Waals surface area contributed by atoms with Gasteiger partial charge in [-0.1, -0.05) is 24.4 Å². The number of hydrogen-bond acceptors (Lipinski definition) is 5. The summed E-state index contributed by atoms with van der Waals surface area (Å²) in [6.07, 6.45) is 8.99. The van der Waals surface area contributed by atoms with E-state index in [1.807, 2.05) is 6.07 Å². The summed E-state index contributed by atoms with van der Waals surface area (Å²) in [7, 11) is 0. The third-order valence-electron chi connectivity index (χ3n) is 6.82. The number of carboxylic acids is 1. The Kier molecular flexibility index (Phi) is 6.20. The molecule has 32 heavy (non-hydrogen) atoms. The molecule has 2 unspecified atom stereocenters. The average Bonchev–Trinajstić information content (AvgIpc) is 3.21. The zero-order chi connectivity index (χ0) is 23.0. The molecule has 3 aliphatic carbocycles. The number of H-pyrrole nitrogens is 1. The zero-order valence-corrected chi connectivity index (χ0v) is 18.7. The Morgan fingerprint density at radius 3 is 2.62 bits per heavy atom. The van der Waals surface area contributed by atoms with Gasteiger partial charge in [0.05, 0.1) is 29.4 Å². The number of aromatic amines is 1. The van der Waals surface area contributed by atoms with Crippen molar-refractivity contribution in [3.63, 3.8) is 0 Å². The number of halogens is 2. The number of nitrogens with one attached hydrogen (secondary N) is 2. The number of aromatic nitrogens is 3. The highest BCUT2D eigenvalue weighted by molar-refractivity contribution is 6.29. The van der Waals surface area contributed by atoms with Gasteiger partial charge >= 0.3 is 5.97 Å². The first-order chi connectivity index (χ1) is 15.3. The minimum absolute atomic E-state index is 0.00231. The smallest absolute Gasteiger partial charge is 0.306 e. The standard InChI is InChI=1S/C14H11ClFN5.C9H14O2/c1-6-8(3-17)12(20-7(2)11(6)16)9-4-18-14-13(9)21-10(15)5-19-14;10-9(11)8-5-6-1-3-7(8)4-2-6/h4-5,7,20H,1-2H3,(H,18,19);6-8H,1-5H2,(H,10,11). The molecule has 0 aromatic carbocycles. The molecule has 0 amide bonds. The quantitative estimate of drug-likeness (QED) is 0.586. The highest BCUT2D eigenvalue weighted by Gasteiger charge is 2.39. The van der Waals surface area contributed by atoms with Crippen molar-refractivity contribution in [1.29, 1.82) is 5.26 Å². The van der Waals surface area contributed by atoms with Crippen LogP contribution in [0.15, 0.2) is 29.4 Å². The number of carboxylic acid groups (broad SMARTS) is 1. The second kappa shape index (κ2) is 8.91. The van der Waals surface area contributed by atoms with Crippen LogP contribution < -0.4 is 5.32 Å². The zero-order valence-electron chi connectivity index (χ0n) is 18.0. The number of allylic oxidation sites excluding steroid dienone is 2. The number of aliphatic carboxylic acids is 1. The number of fused-ring (bicyclic) bond motifs is 4. The third kappa shape index (κ3) is 4.09. The van der Waals surface area contributed by atoms with Crippen LogP contribution in [0.25, 0.3) is 16.9 Å². The average molecular weight is 458 g/mol. The lowest BCUT2D eigenvalue weighted by molar-refractivity contribution is -0.147. The van der Waals surface area contributed by atoms with Crippen molar-refractivity contribution in [3.05, 3.63) is 40.1 Å². The van der Waals surface area contributed by atoms with Gasteiger partial charge in [-0.25, -0.2) is 14.4 Å². The molecular formula is C23H25ClFN5O2. The van der Waals surface area contributed by atoms with Crippen molar-refractivity contribution in [3.8, 4) is 6.07 Å². The van der Waals surface area contributed by atoms with Crippen LogP contribution >= 0.6 is 11.6 Å². The first-order valence-electron chi connectivity index (χ1n) is 10.8. The molecule has 2 bridgehead atoms. The number of nitrogens with zero attached hydrogens (tertiary/aromatic N) is 3. The lowest BCUT2D eigenvalue weighted by Crippen LogP contribution is -2.35. The summed E-state index contributed by atoms with van der Waals surface area (Å²) in [5, 5.41) is 21.5. The second-order valence-electron chi connectivity index (χ2n) is 8.75. The molecule has 168 valence electrons. The van der Waals surface area contributed by atoms with Crippen LogP contribution in [0.4, 0.5) is 4.39 Å². The number of dihydropyridines is 1. The number of nitriles is 1. The Labute approximate surface area is 190 Å². The van der Waals surface area contributed by atoms with Crippen LogP contribution in [-0.2, 0) is 4.79 Å². The van der Waals surface area contributed by atoms with E-state index >= 15 is 0 Å². The van der Waals surface area contributed by atoms with Gasteiger partial charge in [-0.2, -0.15) is 5.26 Å². The van der Waals surface area contributed by atoms with Crippen LogP contribution in [0, 0.1) is 29.1 Å². The lowest BCUT2D eigenvalue weighted by Gasteiger charge is -2.40. The molecule has 3 N–H and O–H groups in total. The van der Waals surface area contributed by atoms with E-state index in [1.54, 1.807) is 20.0 Å². The molecule has 1 aliphatic heterocycles. The molecular weight excluding hydrogens is 433 g/mol. The third-order valence-corrected chi connectivity index (χ3v) is 7.00. The van der Waals surface area contributed by atoms with Crippen molar-refractivity contribution < 1.29 is 14.3 Å². The molecule has 2 aromatic heterocycles. The molecule has 0 spiro atoms. The fourth-order valence-electron chi connectivity index (χ4n) is 5.08. The second-order valence-corrected chi connectivity index (χ2v) is 9.14. The normalized spacial score (nSPS) is 27.0. The summed E-state index contributed by atoms with van der Waals surface area (Å²) in [5.41, 5.74) is 2.87. The van der Waals surface area contributed by atoms with E-state index in [0.717, 1.165) is 12.3 Å². The van der Waals surface area contributed by atoms with Gasteiger partial charge in [-0.15, -0.1) is 0 Å². The molecule has 2 atom stereocenters. The molecule has 0 saturated heterocycles. The van der Waals surface area contributed by atoms with Crippen LogP contribution in [0.5, 0.6) is 0 Å². The fourth-order valence-corrected chi connectivity index (χ4v) is 5.21. The number of hydrogen-bond donors (Lipinski definition) is 3. The van der Waals surface area contributed by atoms with Gasteiger partial charge in [0.25, 0.3) is 0 Å². The minimum Gasteiger partial charge on any atom is -0.481 e. The summed E-state index contributed by atoms with van der Waals surface area (Å²) in [6, 6.07) is 1.54. The first-order valence-corrected chi connectivity index (χ1v) is 11.2. The highest BCUT2D eigenvalue weighted by Crippen LogP contribution is 2.44. The predicted molar refractivity (Wildman–Crippen MR) is 119 cm³/mol. The van der Waals surface area contributed by atoms with Gasteiger partial charge in [0, 0.05) is 17.3 Å². The molecule has 0 radical (unpaired) electrons. The van der Waals surface area contributed by atoms with E-state index in [1.165, 1.54) is 31.9 Å². The highest BCUT2D eigenvalue weighted by atomic mass is 35.5. The van der Waals surface area contributed by atoms with E-state index in [2.05, 4.69) is 20.3 Å². The van der Waals surface area contributed by atoms with Crippen molar-refractivity contribution >= 4 is 34.4 Å².